The molecule has 0 aromatic heterocycles. The zero-order chi connectivity index (χ0) is 22.2. The molecular weight excluding hydrogens is 400 g/mol. The van der Waals surface area contributed by atoms with E-state index in [1.165, 1.54) is 12.8 Å². The first-order valence-electron chi connectivity index (χ1n) is 11.8. The number of rotatable bonds is 5. The smallest absolute Gasteiger partial charge is 0.246 e. The lowest BCUT2D eigenvalue weighted by molar-refractivity contribution is -0.139. The summed E-state index contributed by atoms with van der Waals surface area (Å²) >= 11 is 0. The standard InChI is InChI=1S/C27H32N2O3/c30-26(14-13-22-9-8-12-25(21-22)32-24-10-4-3-5-11-24)28-19-15-23(16-20-28)27(31)29-17-6-1-2-7-18-29/h3-5,8-14,21,23H,1-2,6-7,15-20H2. The topological polar surface area (TPSA) is 49.9 Å². The van der Waals surface area contributed by atoms with Gasteiger partial charge >= 0.3 is 0 Å². The molecule has 0 saturated carbocycles. The van der Waals surface area contributed by atoms with Gasteiger partial charge in [-0.3, -0.25) is 9.59 Å². The highest BCUT2D eigenvalue weighted by molar-refractivity contribution is 5.92. The molecule has 0 radical (unpaired) electrons. The molecule has 2 aliphatic heterocycles. The molecule has 0 atom stereocenters. The van der Waals surface area contributed by atoms with Gasteiger partial charge in [-0.25, -0.2) is 0 Å². The van der Waals surface area contributed by atoms with Crippen LogP contribution >= 0.6 is 0 Å². The number of ether oxygens (including phenoxy) is 1. The van der Waals surface area contributed by atoms with Crippen LogP contribution in [0, 0.1) is 5.92 Å². The van der Waals surface area contributed by atoms with E-state index in [2.05, 4.69) is 4.90 Å². The van der Waals surface area contributed by atoms with Crippen LogP contribution < -0.4 is 4.74 Å². The molecule has 2 fully saturated rings. The number of hydrogen-bond acceptors (Lipinski definition) is 3. The van der Waals surface area contributed by atoms with Crippen molar-refractivity contribution in [3.63, 3.8) is 0 Å². The van der Waals surface area contributed by atoms with E-state index in [-0.39, 0.29) is 11.8 Å². The fraction of sp³-hybridized carbons (Fsp3) is 0.407. The van der Waals surface area contributed by atoms with Crippen LogP contribution in [0.25, 0.3) is 6.08 Å². The molecule has 168 valence electrons. The van der Waals surface area contributed by atoms with Gasteiger partial charge < -0.3 is 14.5 Å². The minimum absolute atomic E-state index is 0.0000484. The van der Waals surface area contributed by atoms with Gasteiger partial charge in [0.1, 0.15) is 11.5 Å². The van der Waals surface area contributed by atoms with Gasteiger partial charge in [0, 0.05) is 38.2 Å². The van der Waals surface area contributed by atoms with Crippen molar-refractivity contribution in [2.45, 2.75) is 38.5 Å². The summed E-state index contributed by atoms with van der Waals surface area (Å²) in [6, 6.07) is 17.3. The summed E-state index contributed by atoms with van der Waals surface area (Å²) in [5.41, 5.74) is 0.915. The normalized spacial score (nSPS) is 17.9. The average Bonchev–Trinajstić information content (AvgIpc) is 3.13. The molecule has 2 aliphatic rings. The highest BCUT2D eigenvalue weighted by Crippen LogP contribution is 2.24. The number of carbonyl (C=O) groups excluding carboxylic acids is 2. The molecule has 0 aliphatic carbocycles. The highest BCUT2D eigenvalue weighted by Gasteiger charge is 2.29. The quantitative estimate of drug-likeness (QED) is 0.615. The summed E-state index contributed by atoms with van der Waals surface area (Å²) < 4.78 is 5.87. The second-order valence-electron chi connectivity index (χ2n) is 8.66. The highest BCUT2D eigenvalue weighted by atomic mass is 16.5. The van der Waals surface area contributed by atoms with E-state index in [1.54, 1.807) is 6.08 Å². The third-order valence-electron chi connectivity index (χ3n) is 6.33. The molecule has 5 heteroatoms. The van der Waals surface area contributed by atoms with Crippen LogP contribution in [0.15, 0.2) is 60.7 Å². The second kappa shape index (κ2) is 11.0. The van der Waals surface area contributed by atoms with E-state index < -0.39 is 0 Å². The Labute approximate surface area is 190 Å². The van der Waals surface area contributed by atoms with Crippen LogP contribution in [0.5, 0.6) is 11.5 Å². The predicted octanol–water partition coefficient (Wildman–Crippen LogP) is 5.13. The van der Waals surface area contributed by atoms with E-state index in [9.17, 15) is 9.59 Å². The van der Waals surface area contributed by atoms with Crippen LogP contribution in [0.4, 0.5) is 0 Å². The minimum Gasteiger partial charge on any atom is -0.457 e. The Morgan fingerprint density at radius 2 is 1.47 bits per heavy atom. The van der Waals surface area contributed by atoms with Crippen molar-refractivity contribution < 1.29 is 14.3 Å². The third-order valence-corrected chi connectivity index (χ3v) is 6.33. The molecule has 2 heterocycles. The van der Waals surface area contributed by atoms with Gasteiger partial charge in [0.25, 0.3) is 0 Å². The largest absolute Gasteiger partial charge is 0.457 e. The van der Waals surface area contributed by atoms with E-state index in [0.29, 0.717) is 19.0 Å². The summed E-state index contributed by atoms with van der Waals surface area (Å²) in [5, 5.41) is 0. The molecule has 0 unspecified atom stereocenters. The van der Waals surface area contributed by atoms with Crippen LogP contribution in [0.2, 0.25) is 0 Å². The maximum atomic E-state index is 12.9. The van der Waals surface area contributed by atoms with Crippen molar-refractivity contribution in [2.75, 3.05) is 26.2 Å². The summed E-state index contributed by atoms with van der Waals surface area (Å²) in [6.45, 7) is 3.08. The lowest BCUT2D eigenvalue weighted by Gasteiger charge is -2.33. The first-order chi connectivity index (χ1) is 15.7. The number of benzene rings is 2. The van der Waals surface area contributed by atoms with Crippen molar-refractivity contribution >= 4 is 17.9 Å². The summed E-state index contributed by atoms with van der Waals surface area (Å²) in [5.74, 6) is 1.87. The third kappa shape index (κ3) is 6.00. The summed E-state index contributed by atoms with van der Waals surface area (Å²) in [6.07, 6.45) is 9.66. The Morgan fingerprint density at radius 1 is 0.781 bits per heavy atom. The van der Waals surface area contributed by atoms with Crippen molar-refractivity contribution in [3.8, 4) is 11.5 Å². The number of para-hydroxylation sites is 1. The maximum absolute atomic E-state index is 12.9. The Kier molecular flexibility index (Phi) is 7.59. The zero-order valence-electron chi connectivity index (χ0n) is 18.6. The Bertz CT molecular complexity index is 925. The van der Waals surface area contributed by atoms with Gasteiger partial charge in [-0.15, -0.1) is 0 Å². The molecule has 0 spiro atoms. The molecule has 0 N–H and O–H groups in total. The number of nitrogens with zero attached hydrogens (tertiary/aromatic N) is 2. The number of likely N-dealkylation sites (tertiary alicyclic amines) is 2. The van der Waals surface area contributed by atoms with E-state index in [1.807, 2.05) is 65.6 Å². The second-order valence-corrected chi connectivity index (χ2v) is 8.66. The molecule has 32 heavy (non-hydrogen) atoms. The lowest BCUT2D eigenvalue weighted by atomic mass is 9.95. The molecule has 0 bridgehead atoms. The Hall–Kier alpha value is -3.08. The van der Waals surface area contributed by atoms with Crippen molar-refractivity contribution in [1.29, 1.82) is 0 Å². The minimum atomic E-state index is 0.0000484. The first kappa shape index (κ1) is 22.1. The van der Waals surface area contributed by atoms with Gasteiger partial charge in [-0.2, -0.15) is 0 Å². The first-order valence-corrected chi connectivity index (χ1v) is 11.8. The number of piperidine rings is 1. The monoisotopic (exact) mass is 432 g/mol. The number of hydrogen-bond donors (Lipinski definition) is 0. The molecule has 4 rings (SSSR count). The lowest BCUT2D eigenvalue weighted by Crippen LogP contribution is -2.44. The van der Waals surface area contributed by atoms with Gasteiger partial charge in [0.2, 0.25) is 11.8 Å². The maximum Gasteiger partial charge on any atom is 0.246 e. The molecule has 2 amide bonds. The Balaban J connectivity index is 1.28. The summed E-state index contributed by atoms with van der Waals surface area (Å²) in [7, 11) is 0. The van der Waals surface area contributed by atoms with Crippen molar-refractivity contribution in [1.82, 2.24) is 9.80 Å². The fourth-order valence-electron chi connectivity index (χ4n) is 4.48. The fourth-order valence-corrected chi connectivity index (χ4v) is 4.48. The predicted molar refractivity (Wildman–Crippen MR) is 126 cm³/mol. The number of amides is 2. The van der Waals surface area contributed by atoms with Crippen LogP contribution in [0.3, 0.4) is 0 Å². The summed E-state index contributed by atoms with van der Waals surface area (Å²) in [4.78, 5) is 29.4. The van der Waals surface area contributed by atoms with Gasteiger partial charge in [0.15, 0.2) is 0 Å². The molecule has 5 nitrogen and oxygen atoms in total. The molecular formula is C27H32N2O3. The van der Waals surface area contributed by atoms with Crippen LogP contribution in [-0.4, -0.2) is 47.8 Å². The van der Waals surface area contributed by atoms with E-state index in [4.69, 9.17) is 4.74 Å². The molecule has 2 aromatic rings. The Morgan fingerprint density at radius 3 is 2.19 bits per heavy atom. The van der Waals surface area contributed by atoms with Crippen LogP contribution in [-0.2, 0) is 9.59 Å². The SMILES string of the molecule is O=C(C=Cc1cccc(Oc2ccccc2)c1)N1CCC(C(=O)N2CCCCCC2)CC1. The van der Waals surface area contributed by atoms with Crippen molar-refractivity contribution in [3.05, 3.63) is 66.2 Å². The van der Waals surface area contributed by atoms with E-state index >= 15 is 0 Å². The average molecular weight is 433 g/mol. The van der Waals surface area contributed by atoms with E-state index in [0.717, 1.165) is 55.8 Å². The van der Waals surface area contributed by atoms with Crippen molar-refractivity contribution in [2.24, 2.45) is 5.92 Å². The zero-order valence-corrected chi connectivity index (χ0v) is 18.6. The van der Waals surface area contributed by atoms with Crippen LogP contribution in [0.1, 0.15) is 44.1 Å². The number of carbonyl (C=O) groups is 2. The molecule has 2 aromatic carbocycles. The molecule has 2 saturated heterocycles. The van der Waals surface area contributed by atoms with Gasteiger partial charge in [-0.1, -0.05) is 43.2 Å². The van der Waals surface area contributed by atoms with Gasteiger partial charge in [-0.05, 0) is 61.6 Å². The van der Waals surface area contributed by atoms with Gasteiger partial charge in [0.05, 0.1) is 0 Å².